The van der Waals surface area contributed by atoms with Crippen molar-refractivity contribution in [1.82, 2.24) is 5.32 Å². The maximum atomic E-state index is 13.2. The highest BCUT2D eigenvalue weighted by atomic mass is 16.7. The van der Waals surface area contributed by atoms with Gasteiger partial charge in [-0.1, -0.05) is 237 Å². The molecule has 1 heterocycles. The lowest BCUT2D eigenvalue weighted by atomic mass is 9.98. The molecule has 1 amide bonds. The summed E-state index contributed by atoms with van der Waals surface area (Å²) in [4.78, 5) is 13.2. The van der Waals surface area contributed by atoms with E-state index in [0.717, 1.165) is 64.2 Å². The van der Waals surface area contributed by atoms with Gasteiger partial charge in [0.1, 0.15) is 36.6 Å². The van der Waals surface area contributed by atoms with Gasteiger partial charge in [-0.25, -0.2) is 0 Å². The number of unbranched alkanes of at least 4 members (excludes halogenated alkanes) is 33. The van der Waals surface area contributed by atoms with E-state index in [4.69, 9.17) is 9.47 Å². The van der Waals surface area contributed by atoms with Crippen LogP contribution in [0, 0.1) is 0 Å². The van der Waals surface area contributed by atoms with Crippen LogP contribution in [0.25, 0.3) is 0 Å². The van der Waals surface area contributed by atoms with Crippen molar-refractivity contribution in [3.8, 4) is 0 Å². The minimum absolute atomic E-state index is 0.242. The number of aliphatic hydroxyl groups excluding tert-OH is 7. The van der Waals surface area contributed by atoms with E-state index in [1.165, 1.54) is 167 Å². The predicted octanol–water partition coefficient (Wildman–Crippen LogP) is 12.7. The van der Waals surface area contributed by atoms with Crippen LogP contribution in [0.5, 0.6) is 0 Å². The van der Waals surface area contributed by atoms with Gasteiger partial charge in [0.15, 0.2) is 6.29 Å². The molecule has 1 aliphatic rings. The Morgan fingerprint density at radius 2 is 0.873 bits per heavy atom. The molecule has 9 unspecified atom stereocenters. The number of amides is 1. The fraction of sp³-hybridized carbons (Fsp3) is 0.883. The summed E-state index contributed by atoms with van der Waals surface area (Å²) in [6.07, 6.45) is 49.1. The molecule has 11 heteroatoms. The van der Waals surface area contributed by atoms with Gasteiger partial charge in [0.05, 0.1) is 25.4 Å². The largest absolute Gasteiger partial charge is 0.394 e. The van der Waals surface area contributed by atoms with Gasteiger partial charge in [0.2, 0.25) is 5.91 Å². The molecule has 418 valence electrons. The van der Waals surface area contributed by atoms with Crippen molar-refractivity contribution in [2.24, 2.45) is 0 Å². The molecule has 0 saturated carbocycles. The molecule has 0 aliphatic carbocycles. The highest BCUT2D eigenvalue weighted by Gasteiger charge is 2.44. The van der Waals surface area contributed by atoms with Crippen molar-refractivity contribution < 1.29 is 50.0 Å². The van der Waals surface area contributed by atoms with Gasteiger partial charge in [-0.05, 0) is 70.6 Å². The molecule has 1 rings (SSSR count). The molecule has 0 aromatic rings. The molecule has 0 aromatic heterocycles. The molecule has 1 aliphatic heterocycles. The SMILES string of the molecule is CCCCCCCCCCC/C=C\C/C=C\CCCCCCCCC(O)C(=O)NC(COC1OC(CO)C(O)C(O)C1O)C(O)C(O)CCC/C=C/CCCCCCCCCCCCCCCCCCC. The summed E-state index contributed by atoms with van der Waals surface area (Å²) in [5.41, 5.74) is 0. The Morgan fingerprint density at radius 1 is 0.493 bits per heavy atom. The number of hydrogen-bond donors (Lipinski definition) is 8. The third-order valence-corrected chi connectivity index (χ3v) is 14.4. The van der Waals surface area contributed by atoms with E-state index >= 15 is 0 Å². The van der Waals surface area contributed by atoms with Gasteiger partial charge >= 0.3 is 0 Å². The van der Waals surface area contributed by atoms with Crippen LogP contribution in [0.4, 0.5) is 0 Å². The van der Waals surface area contributed by atoms with Crippen LogP contribution < -0.4 is 5.32 Å². The van der Waals surface area contributed by atoms with Crippen LogP contribution in [0.1, 0.15) is 271 Å². The van der Waals surface area contributed by atoms with Crippen LogP contribution in [0.15, 0.2) is 36.5 Å². The smallest absolute Gasteiger partial charge is 0.249 e. The van der Waals surface area contributed by atoms with E-state index in [1.807, 2.05) is 0 Å². The van der Waals surface area contributed by atoms with E-state index in [0.29, 0.717) is 12.8 Å². The second kappa shape index (κ2) is 49.2. The van der Waals surface area contributed by atoms with Crippen LogP contribution >= 0.6 is 0 Å². The molecular weight excluding hydrogens is 895 g/mol. The number of carbonyl (C=O) groups is 1. The molecule has 1 saturated heterocycles. The minimum Gasteiger partial charge on any atom is -0.394 e. The number of ether oxygens (including phenoxy) is 2. The first-order chi connectivity index (χ1) is 34.7. The van der Waals surface area contributed by atoms with Crippen molar-refractivity contribution >= 4 is 5.91 Å². The van der Waals surface area contributed by atoms with Crippen molar-refractivity contribution in [2.75, 3.05) is 13.2 Å². The Bertz CT molecular complexity index is 1250. The summed E-state index contributed by atoms with van der Waals surface area (Å²) >= 11 is 0. The van der Waals surface area contributed by atoms with E-state index in [-0.39, 0.29) is 12.8 Å². The highest BCUT2D eigenvalue weighted by Crippen LogP contribution is 2.23. The molecule has 0 spiro atoms. The second-order valence-corrected chi connectivity index (χ2v) is 21.1. The molecular formula is C60H113NO10. The van der Waals surface area contributed by atoms with E-state index in [2.05, 4.69) is 55.6 Å². The number of hydrogen-bond acceptors (Lipinski definition) is 10. The summed E-state index contributed by atoms with van der Waals surface area (Å²) < 4.78 is 11.1. The average molecular weight is 1010 g/mol. The Balaban J connectivity index is 2.33. The van der Waals surface area contributed by atoms with Gasteiger partial charge in [-0.15, -0.1) is 0 Å². The summed E-state index contributed by atoms with van der Waals surface area (Å²) in [6, 6.07) is -1.19. The number of rotatable bonds is 51. The topological polar surface area (TPSA) is 189 Å². The standard InChI is InChI=1S/C60H113NO10/c1-3-5-7-9-11-13-15-17-19-21-23-25-27-29-31-33-35-37-39-41-43-45-47-52(63)55(65)51(50-70-60-58(68)57(67)56(66)54(49-62)71-60)61-59(69)53(64)48-46-44-42-40-38-36-34-32-30-28-26-24-22-20-18-16-14-12-10-8-6-4-2/h24,26,30,32,39,41,51-58,60,62-68H,3-23,25,27-29,31,33-38,40,42-50H2,1-2H3,(H,61,69)/b26-24-,32-30-,41-39+. The Morgan fingerprint density at radius 3 is 1.30 bits per heavy atom. The molecule has 71 heavy (non-hydrogen) atoms. The van der Waals surface area contributed by atoms with Gasteiger partial charge in [-0.2, -0.15) is 0 Å². The number of allylic oxidation sites excluding steroid dienone is 6. The third kappa shape index (κ3) is 37.7. The van der Waals surface area contributed by atoms with E-state index < -0.39 is 74.2 Å². The Hall–Kier alpha value is -1.67. The second-order valence-electron chi connectivity index (χ2n) is 21.1. The molecule has 0 aromatic carbocycles. The third-order valence-electron chi connectivity index (χ3n) is 14.4. The fourth-order valence-corrected chi connectivity index (χ4v) is 9.53. The molecule has 11 nitrogen and oxygen atoms in total. The van der Waals surface area contributed by atoms with E-state index in [9.17, 15) is 40.5 Å². The monoisotopic (exact) mass is 1010 g/mol. The lowest BCUT2D eigenvalue weighted by molar-refractivity contribution is -0.303. The van der Waals surface area contributed by atoms with Crippen LogP contribution in [-0.4, -0.2) is 110 Å². The van der Waals surface area contributed by atoms with Crippen molar-refractivity contribution in [3.63, 3.8) is 0 Å². The molecule has 8 N–H and O–H groups in total. The number of aliphatic hydroxyl groups is 7. The summed E-state index contributed by atoms with van der Waals surface area (Å²) in [7, 11) is 0. The van der Waals surface area contributed by atoms with Crippen molar-refractivity contribution in [3.05, 3.63) is 36.5 Å². The van der Waals surface area contributed by atoms with Crippen molar-refractivity contribution in [1.29, 1.82) is 0 Å². The molecule has 0 radical (unpaired) electrons. The number of carbonyl (C=O) groups excluding carboxylic acids is 1. The predicted molar refractivity (Wildman–Crippen MR) is 293 cm³/mol. The highest BCUT2D eigenvalue weighted by molar-refractivity contribution is 5.80. The van der Waals surface area contributed by atoms with Crippen LogP contribution in [0.2, 0.25) is 0 Å². The Kier molecular flexibility index (Phi) is 46.7. The first kappa shape index (κ1) is 67.3. The van der Waals surface area contributed by atoms with Gasteiger partial charge < -0.3 is 50.5 Å². The Labute approximate surface area is 435 Å². The summed E-state index contributed by atoms with van der Waals surface area (Å²) in [5, 5.41) is 76.2. The maximum absolute atomic E-state index is 13.2. The van der Waals surface area contributed by atoms with E-state index in [1.54, 1.807) is 0 Å². The quantitative estimate of drug-likeness (QED) is 0.0215. The fourth-order valence-electron chi connectivity index (χ4n) is 9.53. The minimum atomic E-state index is -1.67. The first-order valence-electron chi connectivity index (χ1n) is 29.9. The van der Waals surface area contributed by atoms with Crippen LogP contribution in [0.3, 0.4) is 0 Å². The summed E-state index contributed by atoms with van der Waals surface area (Å²) in [6.45, 7) is 3.46. The van der Waals surface area contributed by atoms with Gasteiger partial charge in [0, 0.05) is 0 Å². The summed E-state index contributed by atoms with van der Waals surface area (Å²) in [5.74, 6) is -0.712. The van der Waals surface area contributed by atoms with Crippen molar-refractivity contribution in [2.45, 2.75) is 326 Å². The lowest BCUT2D eigenvalue weighted by Crippen LogP contribution is -2.60. The first-order valence-corrected chi connectivity index (χ1v) is 29.9. The zero-order chi connectivity index (χ0) is 51.8. The average Bonchev–Trinajstić information content (AvgIpc) is 3.37. The van der Waals surface area contributed by atoms with Gasteiger partial charge in [0.25, 0.3) is 0 Å². The lowest BCUT2D eigenvalue weighted by Gasteiger charge is -2.40. The number of nitrogens with one attached hydrogen (secondary N) is 1. The van der Waals surface area contributed by atoms with Gasteiger partial charge in [-0.3, -0.25) is 4.79 Å². The molecule has 0 bridgehead atoms. The molecule has 1 fully saturated rings. The normalized spacial score (nSPS) is 20.4. The zero-order valence-electron chi connectivity index (χ0n) is 45.7. The zero-order valence-corrected chi connectivity index (χ0v) is 45.7. The maximum Gasteiger partial charge on any atom is 0.249 e. The van der Waals surface area contributed by atoms with Crippen LogP contribution in [-0.2, 0) is 14.3 Å². The molecule has 9 atom stereocenters.